The van der Waals surface area contributed by atoms with E-state index < -0.39 is 0 Å². The van der Waals surface area contributed by atoms with Crippen molar-refractivity contribution in [1.29, 1.82) is 5.26 Å². The summed E-state index contributed by atoms with van der Waals surface area (Å²) in [6, 6.07) is 2.17. The van der Waals surface area contributed by atoms with Crippen LogP contribution in [-0.4, -0.2) is 25.2 Å². The predicted molar refractivity (Wildman–Crippen MR) is 53.4 cm³/mol. The summed E-state index contributed by atoms with van der Waals surface area (Å²) in [5.74, 6) is 0. The molecule has 0 bridgehead atoms. The molecule has 0 aromatic heterocycles. The van der Waals surface area contributed by atoms with Crippen molar-refractivity contribution in [3.05, 3.63) is 0 Å². The molecule has 0 saturated carbocycles. The van der Waals surface area contributed by atoms with Gasteiger partial charge in [0.15, 0.2) is 0 Å². The van der Waals surface area contributed by atoms with Crippen LogP contribution in [0.25, 0.3) is 0 Å². The van der Waals surface area contributed by atoms with Gasteiger partial charge in [0.1, 0.15) is 0 Å². The van der Waals surface area contributed by atoms with E-state index in [1.807, 2.05) is 0 Å². The smallest absolute Gasteiger partial charge is 0.0621 e. The van der Waals surface area contributed by atoms with Crippen LogP contribution < -0.4 is 10.6 Å². The zero-order valence-corrected chi connectivity index (χ0v) is 8.40. The molecule has 0 amide bonds. The van der Waals surface area contributed by atoms with E-state index >= 15 is 0 Å². The standard InChI is InChI=1S/C10H19N3/c1-10(5-8-12-9-10)13-7-4-2-3-6-11/h12-13H,2-5,7-9H2,1H3. The minimum atomic E-state index is 0.298. The van der Waals surface area contributed by atoms with E-state index in [4.69, 9.17) is 5.26 Å². The summed E-state index contributed by atoms with van der Waals surface area (Å²) in [6.07, 6.45) is 4.04. The highest BCUT2D eigenvalue weighted by molar-refractivity contribution is 4.91. The van der Waals surface area contributed by atoms with Gasteiger partial charge < -0.3 is 10.6 Å². The summed E-state index contributed by atoms with van der Waals surface area (Å²) in [6.45, 7) is 5.50. The van der Waals surface area contributed by atoms with E-state index in [2.05, 4.69) is 23.6 Å². The zero-order chi connectivity index (χ0) is 9.57. The topological polar surface area (TPSA) is 47.9 Å². The summed E-state index contributed by atoms with van der Waals surface area (Å²) in [5.41, 5.74) is 0.298. The summed E-state index contributed by atoms with van der Waals surface area (Å²) in [4.78, 5) is 0. The van der Waals surface area contributed by atoms with E-state index in [0.29, 0.717) is 12.0 Å². The molecule has 0 aromatic carbocycles. The molecule has 0 radical (unpaired) electrons. The van der Waals surface area contributed by atoms with Crippen LogP contribution in [0.2, 0.25) is 0 Å². The number of unbranched alkanes of at least 4 members (excludes halogenated alkanes) is 2. The van der Waals surface area contributed by atoms with Gasteiger partial charge in [0.25, 0.3) is 0 Å². The van der Waals surface area contributed by atoms with Crippen LogP contribution in [0, 0.1) is 11.3 Å². The Bertz CT molecular complexity index is 177. The predicted octanol–water partition coefficient (Wildman–Crippen LogP) is 1.02. The van der Waals surface area contributed by atoms with Crippen LogP contribution in [0.1, 0.15) is 32.6 Å². The van der Waals surface area contributed by atoms with Crippen molar-refractivity contribution in [3.8, 4) is 6.07 Å². The number of hydrogen-bond donors (Lipinski definition) is 2. The van der Waals surface area contributed by atoms with Crippen molar-refractivity contribution in [2.24, 2.45) is 0 Å². The van der Waals surface area contributed by atoms with Crippen LogP contribution >= 0.6 is 0 Å². The highest BCUT2D eigenvalue weighted by Gasteiger charge is 2.26. The molecule has 1 aliphatic heterocycles. The fourth-order valence-corrected chi connectivity index (χ4v) is 1.69. The maximum atomic E-state index is 8.35. The Balaban J connectivity index is 2.02. The molecule has 1 rings (SSSR count). The van der Waals surface area contributed by atoms with Crippen LogP contribution in [0.5, 0.6) is 0 Å². The number of nitrogens with one attached hydrogen (secondary N) is 2. The fourth-order valence-electron chi connectivity index (χ4n) is 1.69. The second-order valence-electron chi connectivity index (χ2n) is 4.03. The first kappa shape index (κ1) is 10.5. The van der Waals surface area contributed by atoms with Gasteiger partial charge >= 0.3 is 0 Å². The van der Waals surface area contributed by atoms with Crippen molar-refractivity contribution in [2.75, 3.05) is 19.6 Å². The molecule has 3 heteroatoms. The number of rotatable bonds is 5. The minimum absolute atomic E-state index is 0.298. The highest BCUT2D eigenvalue weighted by atomic mass is 15.1. The van der Waals surface area contributed by atoms with E-state index in [9.17, 15) is 0 Å². The number of nitriles is 1. The third-order valence-corrected chi connectivity index (χ3v) is 2.64. The van der Waals surface area contributed by atoms with Crippen molar-refractivity contribution >= 4 is 0 Å². The van der Waals surface area contributed by atoms with Gasteiger partial charge in [-0.05, 0) is 39.3 Å². The van der Waals surface area contributed by atoms with Crippen LogP contribution in [0.4, 0.5) is 0 Å². The van der Waals surface area contributed by atoms with Crippen molar-refractivity contribution in [1.82, 2.24) is 10.6 Å². The lowest BCUT2D eigenvalue weighted by molar-refractivity contribution is 0.383. The Morgan fingerprint density at radius 3 is 3.00 bits per heavy atom. The van der Waals surface area contributed by atoms with Gasteiger partial charge in [-0.1, -0.05) is 0 Å². The van der Waals surface area contributed by atoms with Crippen molar-refractivity contribution < 1.29 is 0 Å². The van der Waals surface area contributed by atoms with Crippen LogP contribution in [0.3, 0.4) is 0 Å². The lowest BCUT2D eigenvalue weighted by Gasteiger charge is -2.24. The fraction of sp³-hybridized carbons (Fsp3) is 0.900. The quantitative estimate of drug-likeness (QED) is 0.623. The van der Waals surface area contributed by atoms with Gasteiger partial charge in [0.2, 0.25) is 0 Å². The van der Waals surface area contributed by atoms with E-state index in [0.717, 1.165) is 32.5 Å². The Morgan fingerprint density at radius 1 is 1.54 bits per heavy atom. The zero-order valence-electron chi connectivity index (χ0n) is 8.40. The van der Waals surface area contributed by atoms with E-state index in [-0.39, 0.29) is 0 Å². The lowest BCUT2D eigenvalue weighted by atomic mass is 10.0. The van der Waals surface area contributed by atoms with Gasteiger partial charge in [0.05, 0.1) is 6.07 Å². The van der Waals surface area contributed by atoms with Crippen LogP contribution in [0.15, 0.2) is 0 Å². The first-order valence-electron chi connectivity index (χ1n) is 5.09. The maximum absolute atomic E-state index is 8.35. The molecule has 0 aromatic rings. The van der Waals surface area contributed by atoms with E-state index in [1.54, 1.807) is 0 Å². The molecule has 13 heavy (non-hydrogen) atoms. The highest BCUT2D eigenvalue weighted by Crippen LogP contribution is 2.12. The molecule has 1 heterocycles. The molecule has 0 aliphatic carbocycles. The molecule has 1 unspecified atom stereocenters. The second-order valence-corrected chi connectivity index (χ2v) is 4.03. The lowest BCUT2D eigenvalue weighted by Crippen LogP contribution is -2.44. The van der Waals surface area contributed by atoms with Gasteiger partial charge in [-0.3, -0.25) is 0 Å². The molecule has 2 N–H and O–H groups in total. The third-order valence-electron chi connectivity index (χ3n) is 2.64. The molecule has 1 atom stereocenters. The Morgan fingerprint density at radius 2 is 2.38 bits per heavy atom. The minimum Gasteiger partial charge on any atom is -0.315 e. The molecule has 1 saturated heterocycles. The first-order chi connectivity index (χ1) is 6.27. The van der Waals surface area contributed by atoms with Crippen molar-refractivity contribution in [2.45, 2.75) is 38.1 Å². The maximum Gasteiger partial charge on any atom is 0.0621 e. The Kier molecular flexibility index (Phi) is 4.20. The van der Waals surface area contributed by atoms with Gasteiger partial charge in [-0.25, -0.2) is 0 Å². The average molecular weight is 181 g/mol. The Hall–Kier alpha value is -0.590. The molecular formula is C10H19N3. The second kappa shape index (κ2) is 5.21. The molecule has 1 aliphatic rings. The van der Waals surface area contributed by atoms with Gasteiger partial charge in [-0.2, -0.15) is 5.26 Å². The molecule has 74 valence electrons. The monoisotopic (exact) mass is 181 g/mol. The molecule has 0 spiro atoms. The molecular weight excluding hydrogens is 162 g/mol. The Labute approximate surface area is 80.5 Å². The van der Waals surface area contributed by atoms with Gasteiger partial charge in [0, 0.05) is 18.5 Å². The third kappa shape index (κ3) is 3.75. The summed E-state index contributed by atoms with van der Waals surface area (Å²) < 4.78 is 0. The normalized spacial score (nSPS) is 27.4. The average Bonchev–Trinajstić information content (AvgIpc) is 2.53. The summed E-state index contributed by atoms with van der Waals surface area (Å²) >= 11 is 0. The van der Waals surface area contributed by atoms with Gasteiger partial charge in [-0.15, -0.1) is 0 Å². The van der Waals surface area contributed by atoms with E-state index in [1.165, 1.54) is 6.42 Å². The van der Waals surface area contributed by atoms with Crippen molar-refractivity contribution in [3.63, 3.8) is 0 Å². The van der Waals surface area contributed by atoms with Crippen LogP contribution in [-0.2, 0) is 0 Å². The number of hydrogen-bond acceptors (Lipinski definition) is 3. The summed E-state index contributed by atoms with van der Waals surface area (Å²) in [7, 11) is 0. The largest absolute Gasteiger partial charge is 0.315 e. The first-order valence-corrected chi connectivity index (χ1v) is 5.09. The number of nitrogens with zero attached hydrogens (tertiary/aromatic N) is 1. The molecule has 1 fully saturated rings. The summed E-state index contributed by atoms with van der Waals surface area (Å²) in [5, 5.41) is 15.2. The SMILES string of the molecule is CC1(NCCCCC#N)CCNC1. The molecule has 3 nitrogen and oxygen atoms in total.